The van der Waals surface area contributed by atoms with Crippen LogP contribution in [0.1, 0.15) is 11.1 Å². The van der Waals surface area contributed by atoms with E-state index in [1.807, 2.05) is 0 Å². The molecule has 20 heavy (non-hydrogen) atoms. The lowest BCUT2D eigenvalue weighted by atomic mass is 9.99. The highest BCUT2D eigenvalue weighted by Gasteiger charge is 2.26. The Hall–Kier alpha value is -1.98. The molecule has 0 fully saturated rings. The second kappa shape index (κ2) is 4.85. The zero-order valence-electron chi connectivity index (χ0n) is 10.4. The molecular formula is C14H8F6. The average Bonchev–Trinajstić information content (AvgIpc) is 2.37. The molecule has 0 N–H and O–H groups in total. The van der Waals surface area contributed by atoms with E-state index >= 15 is 0 Å². The molecule has 2 aromatic carbocycles. The lowest BCUT2D eigenvalue weighted by molar-refractivity contribution is 0.477. The summed E-state index contributed by atoms with van der Waals surface area (Å²) in [7, 11) is 0. The minimum absolute atomic E-state index is 0.364. The summed E-state index contributed by atoms with van der Waals surface area (Å²) in [6.07, 6.45) is 0. The average molecular weight is 290 g/mol. The molecule has 0 spiro atoms. The quantitative estimate of drug-likeness (QED) is 0.522. The molecule has 0 radical (unpaired) electrons. The van der Waals surface area contributed by atoms with Crippen LogP contribution in [0.4, 0.5) is 26.3 Å². The third-order valence-corrected chi connectivity index (χ3v) is 2.93. The number of hydrogen-bond acceptors (Lipinski definition) is 0. The van der Waals surface area contributed by atoms with Gasteiger partial charge >= 0.3 is 0 Å². The van der Waals surface area contributed by atoms with Crippen LogP contribution in [-0.2, 0) is 0 Å². The molecule has 0 heterocycles. The molecule has 0 aromatic heterocycles. The Kier molecular flexibility index (Phi) is 3.50. The molecule has 0 atom stereocenters. The van der Waals surface area contributed by atoms with Crippen LogP contribution in [0.5, 0.6) is 0 Å². The van der Waals surface area contributed by atoms with E-state index in [0.29, 0.717) is 12.1 Å². The third kappa shape index (κ3) is 2.05. The summed E-state index contributed by atoms with van der Waals surface area (Å²) in [6, 6.07) is 1.18. The Labute approximate surface area is 110 Å². The second-order valence-electron chi connectivity index (χ2n) is 4.36. The van der Waals surface area contributed by atoms with Crippen molar-refractivity contribution in [3.63, 3.8) is 0 Å². The molecule has 0 saturated carbocycles. The molecule has 0 unspecified atom stereocenters. The highest BCUT2D eigenvalue weighted by molar-refractivity contribution is 5.67. The second-order valence-corrected chi connectivity index (χ2v) is 4.36. The predicted molar refractivity (Wildman–Crippen MR) is 61.1 cm³/mol. The van der Waals surface area contributed by atoms with Crippen LogP contribution in [0.2, 0.25) is 0 Å². The first-order valence-electron chi connectivity index (χ1n) is 5.54. The molecule has 0 amide bonds. The number of halogens is 6. The Morgan fingerprint density at radius 3 is 1.15 bits per heavy atom. The monoisotopic (exact) mass is 290 g/mol. The van der Waals surface area contributed by atoms with Gasteiger partial charge in [-0.05, 0) is 37.1 Å². The van der Waals surface area contributed by atoms with Gasteiger partial charge in [0.1, 0.15) is 11.6 Å². The van der Waals surface area contributed by atoms with Crippen molar-refractivity contribution in [2.75, 3.05) is 0 Å². The van der Waals surface area contributed by atoms with Gasteiger partial charge in [0.05, 0.1) is 11.1 Å². The van der Waals surface area contributed by atoms with E-state index in [1.54, 1.807) is 0 Å². The molecule has 2 aromatic rings. The van der Waals surface area contributed by atoms with Crippen LogP contribution in [0, 0.1) is 48.8 Å². The fraction of sp³-hybridized carbons (Fsp3) is 0.143. The summed E-state index contributed by atoms with van der Waals surface area (Å²) < 4.78 is 81.7. The van der Waals surface area contributed by atoms with Gasteiger partial charge in [0.25, 0.3) is 0 Å². The topological polar surface area (TPSA) is 0 Å². The number of benzene rings is 2. The van der Waals surface area contributed by atoms with Crippen LogP contribution in [0.3, 0.4) is 0 Å². The van der Waals surface area contributed by atoms with Crippen molar-refractivity contribution in [1.82, 2.24) is 0 Å². The normalized spacial score (nSPS) is 11.0. The van der Waals surface area contributed by atoms with Crippen molar-refractivity contribution in [1.29, 1.82) is 0 Å². The van der Waals surface area contributed by atoms with E-state index in [2.05, 4.69) is 0 Å². The van der Waals surface area contributed by atoms with E-state index in [1.165, 1.54) is 0 Å². The zero-order chi connectivity index (χ0) is 15.2. The van der Waals surface area contributed by atoms with Crippen molar-refractivity contribution >= 4 is 0 Å². The highest BCUT2D eigenvalue weighted by atomic mass is 19.2. The van der Waals surface area contributed by atoms with Gasteiger partial charge in [-0.15, -0.1) is 0 Å². The molecule has 0 saturated heterocycles. The van der Waals surface area contributed by atoms with Crippen molar-refractivity contribution in [3.8, 4) is 11.1 Å². The summed E-state index contributed by atoms with van der Waals surface area (Å²) in [5.41, 5.74) is -3.25. The Bertz CT molecular complexity index is 644. The molecule has 0 aliphatic rings. The van der Waals surface area contributed by atoms with Gasteiger partial charge in [-0.3, -0.25) is 0 Å². The van der Waals surface area contributed by atoms with Gasteiger partial charge < -0.3 is 0 Å². The molecule has 2 rings (SSSR count). The maximum atomic E-state index is 13.7. The van der Waals surface area contributed by atoms with Crippen LogP contribution in [-0.4, -0.2) is 0 Å². The first kappa shape index (κ1) is 14.4. The highest BCUT2D eigenvalue weighted by Crippen LogP contribution is 2.34. The molecule has 0 aliphatic heterocycles. The van der Waals surface area contributed by atoms with E-state index in [4.69, 9.17) is 0 Å². The smallest absolute Gasteiger partial charge is 0.170 e. The zero-order valence-corrected chi connectivity index (χ0v) is 10.4. The summed E-state index contributed by atoms with van der Waals surface area (Å²) >= 11 is 0. The van der Waals surface area contributed by atoms with Crippen molar-refractivity contribution < 1.29 is 26.3 Å². The molecule has 0 aliphatic carbocycles. The Morgan fingerprint density at radius 2 is 0.850 bits per heavy atom. The van der Waals surface area contributed by atoms with Crippen LogP contribution in [0.25, 0.3) is 11.1 Å². The lowest BCUT2D eigenvalue weighted by Gasteiger charge is -2.11. The van der Waals surface area contributed by atoms with E-state index in [0.717, 1.165) is 13.8 Å². The summed E-state index contributed by atoms with van der Waals surface area (Å²) in [4.78, 5) is 0. The Morgan fingerprint density at radius 1 is 0.550 bits per heavy atom. The van der Waals surface area contributed by atoms with Crippen molar-refractivity contribution in [3.05, 3.63) is 58.2 Å². The summed E-state index contributed by atoms with van der Waals surface area (Å²) in [6.45, 7) is 2.18. The van der Waals surface area contributed by atoms with Gasteiger partial charge in [-0.25, -0.2) is 26.3 Å². The fourth-order valence-electron chi connectivity index (χ4n) is 1.88. The Balaban J connectivity index is 2.90. The van der Waals surface area contributed by atoms with Gasteiger partial charge in [0, 0.05) is 0 Å². The fourth-order valence-corrected chi connectivity index (χ4v) is 1.88. The molecule has 0 nitrogen and oxygen atoms in total. The molecule has 106 valence electrons. The number of rotatable bonds is 1. The summed E-state index contributed by atoms with van der Waals surface area (Å²) in [5, 5.41) is 0. The van der Waals surface area contributed by atoms with E-state index in [9.17, 15) is 26.3 Å². The summed E-state index contributed by atoms with van der Waals surface area (Å²) in [5.74, 6) is -9.15. The lowest BCUT2D eigenvalue weighted by Crippen LogP contribution is -2.04. The van der Waals surface area contributed by atoms with Crippen LogP contribution >= 0.6 is 0 Å². The van der Waals surface area contributed by atoms with E-state index in [-0.39, 0.29) is 11.1 Å². The third-order valence-electron chi connectivity index (χ3n) is 2.93. The predicted octanol–water partition coefficient (Wildman–Crippen LogP) is 4.81. The minimum atomic E-state index is -1.76. The van der Waals surface area contributed by atoms with Gasteiger partial charge in [0.2, 0.25) is 0 Å². The van der Waals surface area contributed by atoms with Gasteiger partial charge in [0.15, 0.2) is 23.3 Å². The molecule has 6 heteroatoms. The first-order chi connectivity index (χ1) is 9.25. The van der Waals surface area contributed by atoms with Crippen LogP contribution in [0.15, 0.2) is 12.1 Å². The largest absolute Gasteiger partial charge is 0.206 e. The van der Waals surface area contributed by atoms with Gasteiger partial charge in [-0.2, -0.15) is 0 Å². The maximum absolute atomic E-state index is 13.7. The van der Waals surface area contributed by atoms with Gasteiger partial charge in [-0.1, -0.05) is 0 Å². The number of hydrogen-bond donors (Lipinski definition) is 0. The van der Waals surface area contributed by atoms with Crippen LogP contribution < -0.4 is 0 Å². The maximum Gasteiger partial charge on any atom is 0.170 e. The SMILES string of the molecule is Cc1cc(F)c(-c2c(F)cc(C)c(F)c2F)c(F)c1F. The standard InChI is InChI=1S/C14H8F6/c1-5-3-7(15)9(13(19)11(5)17)10-8(16)4-6(2)12(18)14(10)20/h3-4H,1-2H3. The van der Waals surface area contributed by atoms with E-state index < -0.39 is 46.0 Å². The minimum Gasteiger partial charge on any atom is -0.206 e. The molecule has 0 bridgehead atoms. The van der Waals surface area contributed by atoms with Crippen molar-refractivity contribution in [2.24, 2.45) is 0 Å². The molecular weight excluding hydrogens is 282 g/mol. The first-order valence-corrected chi connectivity index (χ1v) is 5.54. The van der Waals surface area contributed by atoms with Crippen molar-refractivity contribution in [2.45, 2.75) is 13.8 Å². The number of aryl methyl sites for hydroxylation is 2.